The van der Waals surface area contributed by atoms with Crippen LogP contribution < -0.4 is 16.4 Å². The molecule has 0 spiro atoms. The smallest absolute Gasteiger partial charge is 0.305 e. The highest BCUT2D eigenvalue weighted by Crippen LogP contribution is 2.20. The molecule has 0 bridgehead atoms. The Labute approximate surface area is 180 Å². The van der Waals surface area contributed by atoms with Gasteiger partial charge in [-0.3, -0.25) is 25.2 Å². The number of thioether (sulfide) groups is 1. The molecule has 0 aliphatic heterocycles. The summed E-state index contributed by atoms with van der Waals surface area (Å²) in [6, 6.07) is 13.6. The monoisotopic (exact) mass is 435 g/mol. The minimum absolute atomic E-state index is 0.0727. The number of pyridine rings is 1. The van der Waals surface area contributed by atoms with Gasteiger partial charge in [-0.05, 0) is 48.9 Å². The van der Waals surface area contributed by atoms with Gasteiger partial charge in [-0.1, -0.05) is 23.9 Å². The number of nitrogens with zero attached hydrogens (tertiary/aromatic N) is 3. The molecule has 31 heavy (non-hydrogen) atoms. The Balaban J connectivity index is 1.58. The number of carbonyl (C=O) groups excluding carboxylic acids is 2. The van der Waals surface area contributed by atoms with Gasteiger partial charge < -0.3 is 4.42 Å². The molecule has 9 nitrogen and oxygen atoms in total. The van der Waals surface area contributed by atoms with Crippen LogP contribution in [0.4, 0.5) is 0 Å². The number of aromatic nitrogens is 3. The zero-order valence-corrected chi connectivity index (χ0v) is 17.2. The second-order valence-electron chi connectivity index (χ2n) is 6.51. The normalized spacial score (nSPS) is 10.7. The van der Waals surface area contributed by atoms with Crippen LogP contribution in [0.3, 0.4) is 0 Å². The van der Waals surface area contributed by atoms with Crippen LogP contribution in [0.5, 0.6) is 0 Å². The lowest BCUT2D eigenvalue weighted by Crippen LogP contribution is -2.42. The molecule has 4 rings (SSSR count). The number of para-hydroxylation sites is 1. The molecular formula is C21H17N5O4S. The predicted octanol–water partition coefficient (Wildman–Crippen LogP) is 2.24. The summed E-state index contributed by atoms with van der Waals surface area (Å²) in [5, 5.41) is 0.764. The van der Waals surface area contributed by atoms with Crippen LogP contribution in [0, 0.1) is 6.92 Å². The van der Waals surface area contributed by atoms with E-state index in [0.29, 0.717) is 21.9 Å². The van der Waals surface area contributed by atoms with Gasteiger partial charge in [0.1, 0.15) is 5.82 Å². The minimum atomic E-state index is -0.576. The van der Waals surface area contributed by atoms with E-state index in [1.165, 1.54) is 16.9 Å². The second-order valence-corrected chi connectivity index (χ2v) is 7.45. The summed E-state index contributed by atoms with van der Waals surface area (Å²) in [5.74, 6) is -0.653. The lowest BCUT2D eigenvalue weighted by atomic mass is 10.2. The van der Waals surface area contributed by atoms with Gasteiger partial charge in [-0.15, -0.1) is 0 Å². The number of rotatable bonds is 5. The van der Waals surface area contributed by atoms with Gasteiger partial charge in [0.15, 0.2) is 10.9 Å². The summed E-state index contributed by atoms with van der Waals surface area (Å²) in [5.41, 5.74) is 5.75. The van der Waals surface area contributed by atoms with E-state index in [9.17, 15) is 14.4 Å². The first-order chi connectivity index (χ1) is 15.0. The van der Waals surface area contributed by atoms with Crippen molar-refractivity contribution in [2.24, 2.45) is 0 Å². The molecular weight excluding hydrogens is 418 g/mol. The van der Waals surface area contributed by atoms with Crippen molar-refractivity contribution in [3.63, 3.8) is 0 Å². The Kier molecular flexibility index (Phi) is 5.80. The topological polar surface area (TPSA) is 119 Å². The minimum Gasteiger partial charge on any atom is -0.459 e. The van der Waals surface area contributed by atoms with Crippen molar-refractivity contribution in [1.29, 1.82) is 0 Å². The van der Waals surface area contributed by atoms with Crippen LogP contribution in [-0.4, -0.2) is 32.1 Å². The first-order valence-electron chi connectivity index (χ1n) is 9.23. The van der Waals surface area contributed by atoms with E-state index in [1.54, 1.807) is 42.6 Å². The Morgan fingerprint density at radius 2 is 1.97 bits per heavy atom. The number of aryl methyl sites for hydroxylation is 1. The fraction of sp³-hybridized carbons (Fsp3) is 0.0952. The highest BCUT2D eigenvalue weighted by molar-refractivity contribution is 7.99. The zero-order chi connectivity index (χ0) is 21.8. The van der Waals surface area contributed by atoms with E-state index in [-0.39, 0.29) is 17.1 Å². The lowest BCUT2D eigenvalue weighted by Gasteiger charge is -2.13. The maximum atomic E-state index is 13.2. The van der Waals surface area contributed by atoms with Crippen LogP contribution in [-0.2, 0) is 4.79 Å². The Bertz CT molecular complexity index is 1320. The van der Waals surface area contributed by atoms with Gasteiger partial charge in [-0.25, -0.2) is 14.5 Å². The quantitative estimate of drug-likeness (QED) is 0.280. The molecule has 2 amide bonds. The summed E-state index contributed by atoms with van der Waals surface area (Å²) in [6.45, 7) is 1.90. The van der Waals surface area contributed by atoms with Crippen LogP contribution in [0.1, 0.15) is 16.1 Å². The first-order valence-corrected chi connectivity index (χ1v) is 10.2. The number of hydrazine groups is 1. The SMILES string of the molecule is Cc1ccnc(-n2c(SCC(=O)NNC(=O)c3ccco3)nc3ccccc3c2=O)c1. The van der Waals surface area contributed by atoms with E-state index in [0.717, 1.165) is 17.3 Å². The first kappa shape index (κ1) is 20.4. The molecule has 3 heterocycles. The van der Waals surface area contributed by atoms with Crippen LogP contribution >= 0.6 is 11.8 Å². The van der Waals surface area contributed by atoms with E-state index in [2.05, 4.69) is 20.8 Å². The van der Waals surface area contributed by atoms with Gasteiger partial charge in [0.25, 0.3) is 5.56 Å². The maximum Gasteiger partial charge on any atom is 0.305 e. The third kappa shape index (κ3) is 4.48. The van der Waals surface area contributed by atoms with E-state index < -0.39 is 11.8 Å². The van der Waals surface area contributed by atoms with Gasteiger partial charge in [-0.2, -0.15) is 0 Å². The van der Waals surface area contributed by atoms with Crippen molar-refractivity contribution < 1.29 is 14.0 Å². The summed E-state index contributed by atoms with van der Waals surface area (Å²) in [4.78, 5) is 46.1. The number of fused-ring (bicyclic) bond motifs is 1. The van der Waals surface area contributed by atoms with E-state index in [4.69, 9.17) is 4.42 Å². The molecule has 156 valence electrons. The van der Waals surface area contributed by atoms with Crippen molar-refractivity contribution in [2.75, 3.05) is 5.75 Å². The molecule has 0 radical (unpaired) electrons. The number of nitrogens with one attached hydrogen (secondary N) is 2. The third-order valence-electron chi connectivity index (χ3n) is 4.27. The summed E-state index contributed by atoms with van der Waals surface area (Å²) >= 11 is 1.06. The second kappa shape index (κ2) is 8.84. The van der Waals surface area contributed by atoms with E-state index in [1.807, 2.05) is 13.0 Å². The molecule has 0 unspecified atom stereocenters. The largest absolute Gasteiger partial charge is 0.459 e. The molecule has 3 aromatic heterocycles. The lowest BCUT2D eigenvalue weighted by molar-refractivity contribution is -0.119. The molecule has 1 aromatic carbocycles. The molecule has 0 fully saturated rings. The molecule has 4 aromatic rings. The van der Waals surface area contributed by atoms with Gasteiger partial charge in [0.2, 0.25) is 5.91 Å². The highest BCUT2D eigenvalue weighted by Gasteiger charge is 2.16. The number of hydrogen-bond acceptors (Lipinski definition) is 7. The average molecular weight is 435 g/mol. The van der Waals surface area contributed by atoms with Crippen LogP contribution in [0.2, 0.25) is 0 Å². The van der Waals surface area contributed by atoms with Crippen LogP contribution in [0.15, 0.2) is 75.4 Å². The maximum absolute atomic E-state index is 13.2. The zero-order valence-electron chi connectivity index (χ0n) is 16.4. The number of furan rings is 1. The van der Waals surface area contributed by atoms with Crippen molar-refractivity contribution in [2.45, 2.75) is 12.1 Å². The fourth-order valence-electron chi connectivity index (χ4n) is 2.82. The molecule has 0 aliphatic rings. The molecule has 0 saturated heterocycles. The Morgan fingerprint density at radius 1 is 1.13 bits per heavy atom. The van der Waals surface area contributed by atoms with Crippen molar-refractivity contribution in [3.8, 4) is 5.82 Å². The van der Waals surface area contributed by atoms with Gasteiger partial charge >= 0.3 is 5.91 Å². The van der Waals surface area contributed by atoms with Crippen molar-refractivity contribution in [1.82, 2.24) is 25.4 Å². The van der Waals surface area contributed by atoms with Gasteiger partial charge in [0, 0.05) is 6.20 Å². The van der Waals surface area contributed by atoms with Crippen LogP contribution in [0.25, 0.3) is 16.7 Å². The van der Waals surface area contributed by atoms with Crippen molar-refractivity contribution >= 4 is 34.5 Å². The molecule has 0 aliphatic carbocycles. The highest BCUT2D eigenvalue weighted by atomic mass is 32.2. The molecule has 10 heteroatoms. The van der Waals surface area contributed by atoms with E-state index >= 15 is 0 Å². The third-order valence-corrected chi connectivity index (χ3v) is 5.21. The number of benzene rings is 1. The van der Waals surface area contributed by atoms with Crippen molar-refractivity contribution in [3.05, 3.63) is 82.7 Å². The average Bonchev–Trinajstić information content (AvgIpc) is 3.31. The number of amides is 2. The standard InChI is InChI=1S/C21H17N5O4S/c1-13-8-9-22-17(11-13)26-20(29)14-5-2-3-6-15(14)23-21(26)31-12-18(27)24-25-19(28)16-7-4-10-30-16/h2-11H,12H2,1H3,(H,24,27)(H,25,28). The number of carbonyl (C=O) groups is 2. The Morgan fingerprint density at radius 3 is 2.74 bits per heavy atom. The summed E-state index contributed by atoms with van der Waals surface area (Å²) in [6.07, 6.45) is 2.97. The van der Waals surface area contributed by atoms with Gasteiger partial charge in [0.05, 0.1) is 22.9 Å². The number of hydrogen-bond donors (Lipinski definition) is 2. The fourth-order valence-corrected chi connectivity index (χ4v) is 3.62. The Hall–Kier alpha value is -3.92. The molecule has 2 N–H and O–H groups in total. The molecule has 0 saturated carbocycles. The summed E-state index contributed by atoms with van der Waals surface area (Å²) < 4.78 is 6.35. The predicted molar refractivity (Wildman–Crippen MR) is 115 cm³/mol. The molecule has 0 atom stereocenters. The summed E-state index contributed by atoms with van der Waals surface area (Å²) in [7, 11) is 0.